The number of hydrogen-bond acceptors (Lipinski definition) is 0. The molecule has 0 rings (SSSR count). The van der Waals surface area contributed by atoms with E-state index in [-0.39, 0.29) is 0 Å². The first kappa shape index (κ1) is 11.2. The van der Waals surface area contributed by atoms with Crippen molar-refractivity contribution in [1.29, 1.82) is 0 Å². The summed E-state index contributed by atoms with van der Waals surface area (Å²) < 4.78 is 0. The zero-order valence-corrected chi connectivity index (χ0v) is 8.78. The molecule has 0 spiro atoms. The van der Waals surface area contributed by atoms with Crippen LogP contribution in [0.3, 0.4) is 0 Å². The molecule has 0 aromatic carbocycles. The van der Waals surface area contributed by atoms with E-state index >= 15 is 0 Å². The average molecular weight is 164 g/mol. The molecule has 0 aromatic rings. The molecule has 0 aromatic heterocycles. The normalized spacial score (nSPS) is 13.3. The van der Waals surface area contributed by atoms with Gasteiger partial charge in [-0.2, -0.15) is 0 Å². The number of allylic oxidation sites excluding steroid dienone is 5. The van der Waals surface area contributed by atoms with Gasteiger partial charge in [-0.15, -0.1) is 0 Å². The van der Waals surface area contributed by atoms with Crippen LogP contribution in [0.15, 0.2) is 35.5 Å². The molecule has 0 saturated heterocycles. The van der Waals surface area contributed by atoms with Crippen LogP contribution in [0.5, 0.6) is 0 Å². The summed E-state index contributed by atoms with van der Waals surface area (Å²) in [5.41, 5.74) is 3.86. The fourth-order valence-corrected chi connectivity index (χ4v) is 0.990. The van der Waals surface area contributed by atoms with Crippen LogP contribution in [-0.4, -0.2) is 0 Å². The monoisotopic (exact) mass is 164 g/mol. The Kier molecular flexibility index (Phi) is 5.44. The lowest BCUT2D eigenvalue weighted by Crippen LogP contribution is -1.82. The summed E-state index contributed by atoms with van der Waals surface area (Å²) in [5, 5.41) is 0. The molecule has 0 atom stereocenters. The highest BCUT2D eigenvalue weighted by Crippen LogP contribution is 2.13. The minimum Gasteiger partial charge on any atom is -0.0958 e. The van der Waals surface area contributed by atoms with Crippen molar-refractivity contribution >= 4 is 0 Å². The maximum absolute atomic E-state index is 3.91. The van der Waals surface area contributed by atoms with E-state index in [9.17, 15) is 0 Å². The van der Waals surface area contributed by atoms with Gasteiger partial charge in [0.1, 0.15) is 0 Å². The summed E-state index contributed by atoms with van der Waals surface area (Å²) in [7, 11) is 0. The van der Waals surface area contributed by atoms with Gasteiger partial charge in [-0.1, -0.05) is 43.2 Å². The Morgan fingerprint density at radius 1 is 1.33 bits per heavy atom. The molecule has 68 valence electrons. The first-order valence-electron chi connectivity index (χ1n) is 4.61. The van der Waals surface area contributed by atoms with Crippen molar-refractivity contribution in [3.05, 3.63) is 35.5 Å². The van der Waals surface area contributed by atoms with Gasteiger partial charge in [0.25, 0.3) is 0 Å². The van der Waals surface area contributed by atoms with Crippen molar-refractivity contribution in [3.8, 4) is 0 Å². The van der Waals surface area contributed by atoms with E-state index in [0.29, 0.717) is 0 Å². The molecule has 0 aliphatic heterocycles. The van der Waals surface area contributed by atoms with Crippen molar-refractivity contribution in [3.63, 3.8) is 0 Å². The van der Waals surface area contributed by atoms with Gasteiger partial charge in [0.15, 0.2) is 0 Å². The van der Waals surface area contributed by atoms with Gasteiger partial charge in [-0.05, 0) is 32.8 Å². The van der Waals surface area contributed by atoms with Crippen LogP contribution in [-0.2, 0) is 0 Å². The van der Waals surface area contributed by atoms with Crippen molar-refractivity contribution < 1.29 is 0 Å². The molecule has 0 aliphatic carbocycles. The highest BCUT2D eigenvalue weighted by molar-refractivity contribution is 5.32. The molecule has 0 unspecified atom stereocenters. The van der Waals surface area contributed by atoms with Crippen LogP contribution < -0.4 is 0 Å². The van der Waals surface area contributed by atoms with Crippen molar-refractivity contribution in [2.24, 2.45) is 0 Å². The Morgan fingerprint density at radius 3 is 2.25 bits per heavy atom. The molecule has 0 saturated carbocycles. The van der Waals surface area contributed by atoms with Crippen molar-refractivity contribution in [2.45, 2.75) is 40.5 Å². The molecular formula is C12H20. The molecule has 0 heteroatoms. The molecule has 0 fully saturated rings. The summed E-state index contributed by atoms with van der Waals surface area (Å²) in [6, 6.07) is 0. The van der Waals surface area contributed by atoms with E-state index in [4.69, 9.17) is 0 Å². The van der Waals surface area contributed by atoms with Gasteiger partial charge in [-0.25, -0.2) is 0 Å². The minimum absolute atomic E-state index is 1.16. The zero-order chi connectivity index (χ0) is 9.56. The molecule has 0 radical (unpaired) electrons. The van der Waals surface area contributed by atoms with Gasteiger partial charge < -0.3 is 0 Å². The zero-order valence-electron chi connectivity index (χ0n) is 8.78. The highest BCUT2D eigenvalue weighted by atomic mass is 14.0. The van der Waals surface area contributed by atoms with E-state index in [1.807, 2.05) is 6.92 Å². The standard InChI is InChI=1S/C12H20/c1-6-8-12(7-2)9-11(5)10(3)4/h7,9H,3,6,8H2,1-2,4-5H3/b11-9-,12-7-. The first-order chi connectivity index (χ1) is 5.61. The van der Waals surface area contributed by atoms with Gasteiger partial charge >= 0.3 is 0 Å². The number of hydrogen-bond donors (Lipinski definition) is 0. The highest BCUT2D eigenvalue weighted by Gasteiger charge is 1.93. The quantitative estimate of drug-likeness (QED) is 0.545. The molecule has 0 amide bonds. The maximum atomic E-state index is 3.91. The van der Waals surface area contributed by atoms with Crippen LogP contribution in [0.4, 0.5) is 0 Å². The lowest BCUT2D eigenvalue weighted by Gasteiger charge is -2.02. The predicted molar refractivity (Wildman–Crippen MR) is 57.2 cm³/mol. The smallest absolute Gasteiger partial charge is 0.0285 e. The van der Waals surface area contributed by atoms with Crippen molar-refractivity contribution in [1.82, 2.24) is 0 Å². The Hall–Kier alpha value is -0.780. The summed E-state index contributed by atoms with van der Waals surface area (Å²) in [5.74, 6) is 0. The third-order valence-corrected chi connectivity index (χ3v) is 1.98. The summed E-state index contributed by atoms with van der Waals surface area (Å²) >= 11 is 0. The van der Waals surface area contributed by atoms with E-state index in [1.165, 1.54) is 24.0 Å². The van der Waals surface area contributed by atoms with Gasteiger partial charge in [-0.3, -0.25) is 0 Å². The van der Waals surface area contributed by atoms with E-state index < -0.39 is 0 Å². The van der Waals surface area contributed by atoms with Crippen LogP contribution in [0.1, 0.15) is 40.5 Å². The Labute approximate surface area is 76.7 Å². The molecule has 0 N–H and O–H groups in total. The molecular weight excluding hydrogens is 144 g/mol. The van der Waals surface area contributed by atoms with E-state index in [0.717, 1.165) is 5.57 Å². The third-order valence-electron chi connectivity index (χ3n) is 1.98. The van der Waals surface area contributed by atoms with Crippen LogP contribution in [0.2, 0.25) is 0 Å². The fourth-order valence-electron chi connectivity index (χ4n) is 0.990. The lowest BCUT2D eigenvalue weighted by atomic mass is 10.0. The summed E-state index contributed by atoms with van der Waals surface area (Å²) in [6.45, 7) is 12.4. The van der Waals surface area contributed by atoms with Gasteiger partial charge in [0.2, 0.25) is 0 Å². The Balaban J connectivity index is 4.37. The molecule has 0 nitrogen and oxygen atoms in total. The van der Waals surface area contributed by atoms with Crippen LogP contribution in [0, 0.1) is 0 Å². The largest absolute Gasteiger partial charge is 0.0958 e. The molecule has 0 heterocycles. The third kappa shape index (κ3) is 4.17. The van der Waals surface area contributed by atoms with Gasteiger partial charge in [0.05, 0.1) is 0 Å². The topological polar surface area (TPSA) is 0 Å². The average Bonchev–Trinajstić information content (AvgIpc) is 2.03. The van der Waals surface area contributed by atoms with Gasteiger partial charge in [0, 0.05) is 0 Å². The summed E-state index contributed by atoms with van der Waals surface area (Å²) in [6.07, 6.45) is 6.78. The second kappa shape index (κ2) is 5.82. The fraction of sp³-hybridized carbons (Fsp3) is 0.500. The number of rotatable bonds is 4. The first-order valence-corrected chi connectivity index (χ1v) is 4.61. The van der Waals surface area contributed by atoms with E-state index in [2.05, 4.69) is 39.5 Å². The Bertz CT molecular complexity index is 204. The Morgan fingerprint density at radius 2 is 1.92 bits per heavy atom. The second-order valence-corrected chi connectivity index (χ2v) is 3.22. The predicted octanol–water partition coefficient (Wildman–Crippen LogP) is 4.26. The lowest BCUT2D eigenvalue weighted by molar-refractivity contribution is 0.922. The van der Waals surface area contributed by atoms with Crippen LogP contribution in [0.25, 0.3) is 0 Å². The van der Waals surface area contributed by atoms with Crippen molar-refractivity contribution in [2.75, 3.05) is 0 Å². The molecule has 0 bridgehead atoms. The second-order valence-electron chi connectivity index (χ2n) is 3.22. The molecule has 12 heavy (non-hydrogen) atoms. The van der Waals surface area contributed by atoms with Crippen LogP contribution >= 0.6 is 0 Å². The minimum atomic E-state index is 1.16. The molecule has 0 aliphatic rings. The SMILES string of the molecule is C=C(C)/C(C)=C\C(=C/C)CCC. The maximum Gasteiger partial charge on any atom is -0.0285 e. The van der Waals surface area contributed by atoms with E-state index in [1.54, 1.807) is 0 Å². The summed E-state index contributed by atoms with van der Waals surface area (Å²) in [4.78, 5) is 0.